The first kappa shape index (κ1) is 25.9. The standard InChI is InChI=1S/C29H25F3N4OS/c30-29(31,32)22-7-6-10-24(15-22)38-36-14-12-21-16-26(35-23-8-2-1-3-9-23)20(18-33)17-28(21,19-36)27(37)25-11-4-5-13-34-25/h1-11,13,15-16,18,33,35H,12,14,17,19H2. The number of hydrogen-bond acceptors (Lipinski definition) is 6. The number of ketones is 1. The Morgan fingerprint density at radius 2 is 1.87 bits per heavy atom. The van der Waals surface area contributed by atoms with Gasteiger partial charge in [0, 0.05) is 41.8 Å². The van der Waals surface area contributed by atoms with Crippen LogP contribution in [0.1, 0.15) is 28.9 Å². The molecule has 194 valence electrons. The molecule has 5 nitrogen and oxygen atoms in total. The van der Waals surface area contributed by atoms with Crippen LogP contribution in [0.4, 0.5) is 18.9 Å². The molecule has 0 bridgehead atoms. The summed E-state index contributed by atoms with van der Waals surface area (Å²) >= 11 is 1.22. The number of Topliss-reactive ketones (excluding diaryl/α,β-unsaturated/α-hetero) is 1. The first-order valence-electron chi connectivity index (χ1n) is 12.1. The summed E-state index contributed by atoms with van der Waals surface area (Å²) in [5, 5.41) is 11.5. The number of allylic oxidation sites excluding steroid dienone is 2. The van der Waals surface area contributed by atoms with Crippen LogP contribution >= 0.6 is 11.9 Å². The Morgan fingerprint density at radius 3 is 2.58 bits per heavy atom. The highest BCUT2D eigenvalue weighted by Gasteiger charge is 2.49. The van der Waals surface area contributed by atoms with E-state index in [-0.39, 0.29) is 18.7 Å². The third kappa shape index (κ3) is 5.30. The number of carbonyl (C=O) groups is 1. The lowest BCUT2D eigenvalue weighted by Crippen LogP contribution is -2.49. The Balaban J connectivity index is 1.49. The molecule has 0 spiro atoms. The number of nitrogens with zero attached hydrogens (tertiary/aromatic N) is 2. The van der Waals surface area contributed by atoms with Crippen molar-refractivity contribution in [1.29, 1.82) is 5.41 Å². The minimum absolute atomic E-state index is 0.156. The van der Waals surface area contributed by atoms with Crippen molar-refractivity contribution >= 4 is 29.6 Å². The number of benzene rings is 2. The molecular formula is C29H25F3N4OS. The highest BCUT2D eigenvalue weighted by Crippen LogP contribution is 2.48. The Bertz CT molecular complexity index is 1410. The lowest BCUT2D eigenvalue weighted by atomic mass is 9.65. The van der Waals surface area contributed by atoms with Crippen molar-refractivity contribution in [1.82, 2.24) is 9.29 Å². The van der Waals surface area contributed by atoms with Crippen LogP contribution in [0.15, 0.2) is 107 Å². The number of carbonyl (C=O) groups excluding carboxylic acids is 1. The number of aromatic nitrogens is 1. The van der Waals surface area contributed by atoms with Gasteiger partial charge in [-0.05, 0) is 78.9 Å². The maximum Gasteiger partial charge on any atom is 0.416 e. The van der Waals surface area contributed by atoms with Crippen LogP contribution in [0.3, 0.4) is 0 Å². The predicted octanol–water partition coefficient (Wildman–Crippen LogP) is 7.03. The maximum absolute atomic E-state index is 14.1. The van der Waals surface area contributed by atoms with Gasteiger partial charge in [-0.2, -0.15) is 13.2 Å². The Morgan fingerprint density at radius 1 is 1.08 bits per heavy atom. The Kier molecular flexibility index (Phi) is 7.23. The number of para-hydroxylation sites is 1. The molecule has 2 N–H and O–H groups in total. The SMILES string of the molecule is N=CC1=C(Nc2ccccc2)C=C2CCN(Sc3cccc(C(F)(F)F)c3)CC2(C(=O)c2ccccn2)C1. The number of anilines is 1. The van der Waals surface area contributed by atoms with E-state index < -0.39 is 17.2 Å². The van der Waals surface area contributed by atoms with Gasteiger partial charge in [0.1, 0.15) is 5.69 Å². The highest BCUT2D eigenvalue weighted by molar-refractivity contribution is 7.97. The summed E-state index contributed by atoms with van der Waals surface area (Å²) in [5.74, 6) is -0.156. The molecule has 1 aliphatic carbocycles. The van der Waals surface area contributed by atoms with Gasteiger partial charge in [0.2, 0.25) is 0 Å². The molecule has 1 aliphatic heterocycles. The van der Waals surface area contributed by atoms with Gasteiger partial charge in [0.15, 0.2) is 5.78 Å². The van der Waals surface area contributed by atoms with E-state index in [0.717, 1.165) is 29.1 Å². The molecule has 0 amide bonds. The number of fused-ring (bicyclic) bond motifs is 1. The van der Waals surface area contributed by atoms with Crippen LogP contribution in [0.25, 0.3) is 0 Å². The number of pyridine rings is 1. The van der Waals surface area contributed by atoms with Crippen LogP contribution in [0.2, 0.25) is 0 Å². The zero-order valence-corrected chi connectivity index (χ0v) is 21.1. The average molecular weight is 535 g/mol. The second-order valence-corrected chi connectivity index (χ2v) is 10.4. The minimum Gasteiger partial charge on any atom is -0.355 e. The van der Waals surface area contributed by atoms with Crippen molar-refractivity contribution in [3.8, 4) is 0 Å². The first-order valence-corrected chi connectivity index (χ1v) is 12.9. The molecule has 5 rings (SSSR count). The van der Waals surface area contributed by atoms with E-state index in [9.17, 15) is 18.0 Å². The topological polar surface area (TPSA) is 69.1 Å². The smallest absolute Gasteiger partial charge is 0.355 e. The molecule has 38 heavy (non-hydrogen) atoms. The zero-order chi connectivity index (χ0) is 26.8. The molecular weight excluding hydrogens is 509 g/mol. The molecule has 2 aliphatic rings. The predicted molar refractivity (Wildman–Crippen MR) is 143 cm³/mol. The molecule has 0 saturated carbocycles. The van der Waals surface area contributed by atoms with Crippen molar-refractivity contribution in [2.75, 3.05) is 18.4 Å². The molecule has 2 heterocycles. The second-order valence-electron chi connectivity index (χ2n) is 9.28. The van der Waals surface area contributed by atoms with Crippen LogP contribution in [0, 0.1) is 10.8 Å². The number of alkyl halides is 3. The number of nitrogens with one attached hydrogen (secondary N) is 2. The highest BCUT2D eigenvalue weighted by atomic mass is 32.2. The molecule has 3 aromatic rings. The maximum atomic E-state index is 14.1. The van der Waals surface area contributed by atoms with Gasteiger partial charge in [-0.25, -0.2) is 4.31 Å². The van der Waals surface area contributed by atoms with Gasteiger partial charge >= 0.3 is 6.18 Å². The minimum atomic E-state index is -4.43. The van der Waals surface area contributed by atoms with E-state index in [1.165, 1.54) is 24.2 Å². The van der Waals surface area contributed by atoms with Gasteiger partial charge in [0.05, 0.1) is 11.0 Å². The van der Waals surface area contributed by atoms with E-state index in [1.54, 1.807) is 30.5 Å². The quantitative estimate of drug-likeness (QED) is 0.194. The summed E-state index contributed by atoms with van der Waals surface area (Å²) in [6.45, 7) is 0.841. The van der Waals surface area contributed by atoms with Gasteiger partial charge in [0.25, 0.3) is 0 Å². The number of rotatable bonds is 7. The van der Waals surface area contributed by atoms with Crippen molar-refractivity contribution in [3.05, 3.63) is 113 Å². The fourth-order valence-corrected chi connectivity index (χ4v) is 6.04. The summed E-state index contributed by atoms with van der Waals surface area (Å²) in [6, 6.07) is 20.0. The van der Waals surface area contributed by atoms with E-state index >= 15 is 0 Å². The fraction of sp³-hybridized carbons (Fsp3) is 0.207. The van der Waals surface area contributed by atoms with Crippen LogP contribution in [0.5, 0.6) is 0 Å². The summed E-state index contributed by atoms with van der Waals surface area (Å²) in [4.78, 5) is 18.8. The summed E-state index contributed by atoms with van der Waals surface area (Å²) in [5.41, 5.74) is 1.88. The summed E-state index contributed by atoms with van der Waals surface area (Å²) < 4.78 is 41.8. The number of piperidine rings is 1. The Hall–Kier alpha value is -3.69. The van der Waals surface area contributed by atoms with Crippen molar-refractivity contribution in [2.45, 2.75) is 23.9 Å². The zero-order valence-electron chi connectivity index (χ0n) is 20.3. The summed E-state index contributed by atoms with van der Waals surface area (Å²) in [6.07, 6.45) is 1.21. The van der Waals surface area contributed by atoms with E-state index in [0.29, 0.717) is 29.1 Å². The third-order valence-electron chi connectivity index (χ3n) is 6.80. The molecule has 1 atom stereocenters. The van der Waals surface area contributed by atoms with Crippen LogP contribution < -0.4 is 5.32 Å². The normalized spacial score (nSPS) is 19.9. The molecule has 1 fully saturated rings. The monoisotopic (exact) mass is 534 g/mol. The molecule has 1 saturated heterocycles. The lowest BCUT2D eigenvalue weighted by molar-refractivity contribution is -0.137. The molecule has 0 radical (unpaired) electrons. The number of halogens is 3. The average Bonchev–Trinajstić information content (AvgIpc) is 2.93. The van der Waals surface area contributed by atoms with Gasteiger partial charge < -0.3 is 10.7 Å². The van der Waals surface area contributed by atoms with Crippen molar-refractivity contribution in [3.63, 3.8) is 0 Å². The van der Waals surface area contributed by atoms with Crippen molar-refractivity contribution in [2.24, 2.45) is 5.41 Å². The third-order valence-corrected chi connectivity index (χ3v) is 7.84. The largest absolute Gasteiger partial charge is 0.416 e. The van der Waals surface area contributed by atoms with Crippen molar-refractivity contribution < 1.29 is 18.0 Å². The molecule has 1 aromatic heterocycles. The van der Waals surface area contributed by atoms with Crippen LogP contribution in [-0.2, 0) is 6.18 Å². The van der Waals surface area contributed by atoms with E-state index in [1.807, 2.05) is 40.7 Å². The lowest BCUT2D eigenvalue weighted by Gasteiger charge is -2.45. The first-order chi connectivity index (χ1) is 18.3. The fourth-order valence-electron chi connectivity index (χ4n) is 4.95. The molecule has 1 unspecified atom stereocenters. The van der Waals surface area contributed by atoms with E-state index in [4.69, 9.17) is 5.41 Å². The second kappa shape index (κ2) is 10.6. The van der Waals surface area contributed by atoms with Gasteiger partial charge in [-0.3, -0.25) is 9.78 Å². The van der Waals surface area contributed by atoms with Crippen LogP contribution in [-0.4, -0.2) is 34.4 Å². The molecule has 2 aromatic carbocycles. The molecule has 9 heteroatoms. The summed E-state index contributed by atoms with van der Waals surface area (Å²) in [7, 11) is 0. The van der Waals surface area contributed by atoms with Gasteiger partial charge in [-0.15, -0.1) is 0 Å². The number of hydrogen-bond donors (Lipinski definition) is 2. The Labute approximate surface area is 223 Å². The van der Waals surface area contributed by atoms with E-state index in [2.05, 4.69) is 10.3 Å². The van der Waals surface area contributed by atoms with Gasteiger partial charge in [-0.1, -0.05) is 35.9 Å².